The van der Waals surface area contributed by atoms with Crippen LogP contribution in [-0.2, 0) is 6.54 Å². The molecule has 16 heavy (non-hydrogen) atoms. The highest BCUT2D eigenvalue weighted by molar-refractivity contribution is 5.39. The number of methoxy groups -OCH3 is 1. The molecule has 0 radical (unpaired) electrons. The van der Waals surface area contributed by atoms with E-state index in [1.54, 1.807) is 29.2 Å². The third-order valence-corrected chi connectivity index (χ3v) is 2.34. The number of hydrogen-bond acceptors (Lipinski definition) is 3. The first kappa shape index (κ1) is 10.6. The fourth-order valence-corrected chi connectivity index (χ4v) is 1.51. The van der Waals surface area contributed by atoms with Crippen LogP contribution in [0.1, 0.15) is 5.69 Å². The highest BCUT2D eigenvalue weighted by atomic mass is 19.1. The van der Waals surface area contributed by atoms with E-state index < -0.39 is 5.82 Å². The van der Waals surface area contributed by atoms with Crippen molar-refractivity contribution in [1.29, 1.82) is 0 Å². The first-order chi connectivity index (χ1) is 7.76. The van der Waals surface area contributed by atoms with Gasteiger partial charge in [-0.25, -0.2) is 9.37 Å². The van der Waals surface area contributed by atoms with E-state index in [0.717, 1.165) is 5.69 Å². The molecule has 2 N–H and O–H groups in total. The number of nitrogens with two attached hydrogens (primary N) is 1. The lowest BCUT2D eigenvalue weighted by Gasteiger charge is -2.08. The Morgan fingerprint density at radius 1 is 1.50 bits per heavy atom. The Morgan fingerprint density at radius 2 is 2.31 bits per heavy atom. The third kappa shape index (κ3) is 1.77. The van der Waals surface area contributed by atoms with E-state index in [4.69, 9.17) is 10.5 Å². The quantitative estimate of drug-likeness (QED) is 0.854. The molecule has 2 aromatic rings. The van der Waals surface area contributed by atoms with Gasteiger partial charge in [0, 0.05) is 24.5 Å². The van der Waals surface area contributed by atoms with Crippen molar-refractivity contribution in [3.63, 3.8) is 0 Å². The summed E-state index contributed by atoms with van der Waals surface area (Å²) >= 11 is 0. The zero-order valence-electron chi connectivity index (χ0n) is 8.85. The van der Waals surface area contributed by atoms with Crippen LogP contribution in [0.4, 0.5) is 4.39 Å². The van der Waals surface area contributed by atoms with Crippen LogP contribution in [0.2, 0.25) is 0 Å². The molecule has 0 aliphatic heterocycles. The number of halogens is 1. The molecule has 0 unspecified atom stereocenters. The molecule has 0 aliphatic carbocycles. The number of ether oxygens (including phenoxy) is 1. The van der Waals surface area contributed by atoms with Crippen LogP contribution in [0, 0.1) is 5.82 Å². The molecule has 5 heteroatoms. The second kappa shape index (κ2) is 4.32. The first-order valence-electron chi connectivity index (χ1n) is 4.81. The Balaban J connectivity index is 2.45. The molecule has 84 valence electrons. The summed E-state index contributed by atoms with van der Waals surface area (Å²) in [5.41, 5.74) is 7.05. The largest absolute Gasteiger partial charge is 0.494 e. The first-order valence-corrected chi connectivity index (χ1v) is 4.81. The van der Waals surface area contributed by atoms with Crippen molar-refractivity contribution < 1.29 is 9.13 Å². The molecular formula is C11H12FN3O. The summed E-state index contributed by atoms with van der Waals surface area (Å²) in [7, 11) is 1.43. The van der Waals surface area contributed by atoms with Gasteiger partial charge < -0.3 is 15.0 Å². The lowest BCUT2D eigenvalue weighted by molar-refractivity contribution is 0.386. The Kier molecular flexibility index (Phi) is 2.87. The van der Waals surface area contributed by atoms with Crippen molar-refractivity contribution in [3.8, 4) is 11.4 Å². The Hall–Kier alpha value is -1.88. The predicted molar refractivity (Wildman–Crippen MR) is 58.0 cm³/mol. The summed E-state index contributed by atoms with van der Waals surface area (Å²) in [6.45, 7) is 0.355. The molecule has 0 saturated heterocycles. The van der Waals surface area contributed by atoms with Gasteiger partial charge in [-0.1, -0.05) is 0 Å². The van der Waals surface area contributed by atoms with E-state index in [0.29, 0.717) is 12.2 Å². The Labute approximate surface area is 92.5 Å². The maximum absolute atomic E-state index is 13.5. The van der Waals surface area contributed by atoms with E-state index >= 15 is 0 Å². The van der Waals surface area contributed by atoms with Gasteiger partial charge in [0.1, 0.15) is 0 Å². The Bertz CT molecular complexity index is 496. The maximum Gasteiger partial charge on any atom is 0.167 e. The van der Waals surface area contributed by atoms with E-state index in [9.17, 15) is 4.39 Å². The molecule has 1 heterocycles. The van der Waals surface area contributed by atoms with Crippen LogP contribution in [0.3, 0.4) is 0 Å². The normalized spacial score (nSPS) is 10.4. The third-order valence-electron chi connectivity index (χ3n) is 2.34. The minimum absolute atomic E-state index is 0.221. The van der Waals surface area contributed by atoms with Crippen LogP contribution in [0.5, 0.6) is 5.75 Å². The molecule has 4 nitrogen and oxygen atoms in total. The summed E-state index contributed by atoms with van der Waals surface area (Å²) in [4.78, 5) is 3.97. The smallest absolute Gasteiger partial charge is 0.167 e. The molecule has 0 saturated carbocycles. The van der Waals surface area contributed by atoms with Crippen molar-refractivity contribution in [3.05, 3.63) is 42.2 Å². The van der Waals surface area contributed by atoms with Crippen molar-refractivity contribution in [1.82, 2.24) is 9.55 Å². The molecule has 0 fully saturated rings. The molecule has 0 atom stereocenters. The highest BCUT2D eigenvalue weighted by Crippen LogP contribution is 2.20. The summed E-state index contributed by atoms with van der Waals surface area (Å²) in [5, 5.41) is 0. The fourth-order valence-electron chi connectivity index (χ4n) is 1.51. The Morgan fingerprint density at radius 3 is 2.94 bits per heavy atom. The maximum atomic E-state index is 13.5. The number of benzene rings is 1. The second-order valence-corrected chi connectivity index (χ2v) is 3.28. The van der Waals surface area contributed by atoms with Gasteiger partial charge in [-0.2, -0.15) is 0 Å². The lowest BCUT2D eigenvalue weighted by atomic mass is 10.2. The average molecular weight is 221 g/mol. The van der Waals surface area contributed by atoms with Gasteiger partial charge in [0.2, 0.25) is 0 Å². The molecule has 1 aromatic heterocycles. The highest BCUT2D eigenvalue weighted by Gasteiger charge is 2.07. The van der Waals surface area contributed by atoms with Crippen LogP contribution in [-0.4, -0.2) is 16.7 Å². The number of hydrogen-bond donors (Lipinski definition) is 1. The molecule has 1 aromatic carbocycles. The average Bonchev–Trinajstić information content (AvgIpc) is 2.77. The molecule has 0 bridgehead atoms. The van der Waals surface area contributed by atoms with Crippen LogP contribution in [0.25, 0.3) is 5.69 Å². The fraction of sp³-hybridized carbons (Fsp3) is 0.182. The molecule has 2 rings (SSSR count). The van der Waals surface area contributed by atoms with Gasteiger partial charge in [-0.15, -0.1) is 0 Å². The van der Waals surface area contributed by atoms with E-state index in [1.807, 2.05) is 0 Å². The van der Waals surface area contributed by atoms with Gasteiger partial charge >= 0.3 is 0 Å². The van der Waals surface area contributed by atoms with Crippen molar-refractivity contribution >= 4 is 0 Å². The number of imidazole rings is 1. The zero-order chi connectivity index (χ0) is 11.5. The monoisotopic (exact) mass is 221 g/mol. The molecule has 0 amide bonds. The lowest BCUT2D eigenvalue weighted by Crippen LogP contribution is -2.04. The van der Waals surface area contributed by atoms with Crippen molar-refractivity contribution in [2.45, 2.75) is 6.54 Å². The predicted octanol–water partition coefficient (Wildman–Crippen LogP) is 1.48. The van der Waals surface area contributed by atoms with Crippen LogP contribution >= 0.6 is 0 Å². The number of nitrogens with zero attached hydrogens (tertiary/aromatic N) is 2. The molecular weight excluding hydrogens is 209 g/mol. The van der Waals surface area contributed by atoms with Crippen LogP contribution in [0.15, 0.2) is 30.7 Å². The summed E-state index contributed by atoms with van der Waals surface area (Å²) in [6.07, 6.45) is 3.26. The SMILES string of the molecule is COc1ccc(-n2cncc2CN)cc1F. The van der Waals surface area contributed by atoms with Gasteiger partial charge in [0.15, 0.2) is 11.6 Å². The minimum Gasteiger partial charge on any atom is -0.494 e. The summed E-state index contributed by atoms with van der Waals surface area (Å²) < 4.78 is 20.1. The van der Waals surface area contributed by atoms with Gasteiger partial charge in [-0.05, 0) is 12.1 Å². The minimum atomic E-state index is -0.406. The van der Waals surface area contributed by atoms with Crippen molar-refractivity contribution in [2.24, 2.45) is 5.73 Å². The second-order valence-electron chi connectivity index (χ2n) is 3.28. The standard InChI is InChI=1S/C11H12FN3O/c1-16-11-3-2-8(4-10(11)12)15-7-14-6-9(15)5-13/h2-4,6-7H,5,13H2,1H3. The van der Waals surface area contributed by atoms with E-state index in [-0.39, 0.29) is 5.75 Å². The summed E-state index contributed by atoms with van der Waals surface area (Å²) in [5.74, 6) is -0.185. The van der Waals surface area contributed by atoms with E-state index in [2.05, 4.69) is 4.98 Å². The topological polar surface area (TPSA) is 53.1 Å². The number of aromatic nitrogens is 2. The summed E-state index contributed by atoms with van der Waals surface area (Å²) in [6, 6.07) is 4.72. The van der Waals surface area contributed by atoms with Gasteiger partial charge in [0.05, 0.1) is 19.1 Å². The zero-order valence-corrected chi connectivity index (χ0v) is 8.85. The molecule has 0 aliphatic rings. The number of rotatable bonds is 3. The van der Waals surface area contributed by atoms with Gasteiger partial charge in [0.25, 0.3) is 0 Å². The van der Waals surface area contributed by atoms with Crippen LogP contribution < -0.4 is 10.5 Å². The molecule has 0 spiro atoms. The van der Waals surface area contributed by atoms with E-state index in [1.165, 1.54) is 13.2 Å². The van der Waals surface area contributed by atoms with Crippen molar-refractivity contribution in [2.75, 3.05) is 7.11 Å². The van der Waals surface area contributed by atoms with Gasteiger partial charge in [-0.3, -0.25) is 0 Å².